The van der Waals surface area contributed by atoms with Gasteiger partial charge in [-0.1, -0.05) is 24.7 Å². The van der Waals surface area contributed by atoms with Crippen LogP contribution in [-0.4, -0.2) is 29.2 Å². The lowest BCUT2D eigenvalue weighted by atomic mass is 10.3. The first kappa shape index (κ1) is 17.4. The van der Waals surface area contributed by atoms with Crippen molar-refractivity contribution in [1.29, 1.82) is 0 Å². The maximum absolute atomic E-state index is 11.7. The summed E-state index contributed by atoms with van der Waals surface area (Å²) >= 11 is 1.09. The Hall–Kier alpha value is -1.63. The third-order valence-corrected chi connectivity index (χ3v) is 3.78. The van der Waals surface area contributed by atoms with E-state index >= 15 is 0 Å². The first-order chi connectivity index (χ1) is 9.95. The van der Waals surface area contributed by atoms with Crippen molar-refractivity contribution in [2.75, 3.05) is 6.61 Å². The van der Waals surface area contributed by atoms with E-state index in [-0.39, 0.29) is 17.8 Å². The Bertz CT molecular complexity index is 534. The molecule has 1 unspecified atom stereocenters. The van der Waals surface area contributed by atoms with Crippen molar-refractivity contribution in [3.05, 3.63) is 20.7 Å². The standard InChI is InChI=1S/C14H21NO5S/c1-4-5-8-19-13(17)11(3)20-12(16)6-7-15-10(2)9-21-14(15)18/h9,11H,4-8H2,1-3H3. The normalized spacial score (nSPS) is 12.0. The molecule has 0 aliphatic carbocycles. The second-order valence-corrected chi connectivity index (χ2v) is 5.52. The predicted molar refractivity (Wildman–Crippen MR) is 79.4 cm³/mol. The van der Waals surface area contributed by atoms with Gasteiger partial charge in [0.05, 0.1) is 13.0 Å². The monoisotopic (exact) mass is 315 g/mol. The Kier molecular flexibility index (Phi) is 7.14. The molecule has 0 aromatic carbocycles. The zero-order valence-electron chi connectivity index (χ0n) is 12.6. The van der Waals surface area contributed by atoms with Crippen LogP contribution in [0.3, 0.4) is 0 Å². The smallest absolute Gasteiger partial charge is 0.347 e. The number of nitrogens with zero attached hydrogens (tertiary/aromatic N) is 1. The van der Waals surface area contributed by atoms with Crippen LogP contribution in [-0.2, 0) is 25.6 Å². The van der Waals surface area contributed by atoms with Gasteiger partial charge in [-0.25, -0.2) is 4.79 Å². The molecule has 0 aliphatic heterocycles. The summed E-state index contributed by atoms with van der Waals surface area (Å²) in [5.41, 5.74) is 0.810. The molecule has 0 radical (unpaired) electrons. The van der Waals surface area contributed by atoms with Gasteiger partial charge in [-0.3, -0.25) is 9.59 Å². The number of carbonyl (C=O) groups is 2. The van der Waals surface area contributed by atoms with Crippen molar-refractivity contribution in [1.82, 2.24) is 4.57 Å². The highest BCUT2D eigenvalue weighted by Gasteiger charge is 2.19. The molecule has 0 fully saturated rings. The van der Waals surface area contributed by atoms with Gasteiger partial charge in [0.25, 0.3) is 0 Å². The van der Waals surface area contributed by atoms with Crippen molar-refractivity contribution in [3.8, 4) is 0 Å². The molecule has 1 heterocycles. The molecule has 0 N–H and O–H groups in total. The van der Waals surface area contributed by atoms with Crippen molar-refractivity contribution in [2.24, 2.45) is 0 Å². The first-order valence-electron chi connectivity index (χ1n) is 6.96. The summed E-state index contributed by atoms with van der Waals surface area (Å²) in [6.45, 7) is 5.86. The molecule has 0 bridgehead atoms. The van der Waals surface area contributed by atoms with Gasteiger partial charge in [0.2, 0.25) is 0 Å². The van der Waals surface area contributed by atoms with Crippen molar-refractivity contribution in [2.45, 2.75) is 52.7 Å². The minimum Gasteiger partial charge on any atom is -0.463 e. The second-order valence-electron chi connectivity index (χ2n) is 4.70. The summed E-state index contributed by atoms with van der Waals surface area (Å²) in [5.74, 6) is -1.06. The van der Waals surface area contributed by atoms with Crippen molar-refractivity contribution >= 4 is 23.3 Å². The lowest BCUT2D eigenvalue weighted by Gasteiger charge is -2.12. The second kappa shape index (κ2) is 8.61. The summed E-state index contributed by atoms with van der Waals surface area (Å²) in [4.78, 5) is 34.6. The largest absolute Gasteiger partial charge is 0.463 e. The molecular weight excluding hydrogens is 294 g/mol. The van der Waals surface area contributed by atoms with Gasteiger partial charge in [-0.2, -0.15) is 0 Å². The molecule has 118 valence electrons. The first-order valence-corrected chi connectivity index (χ1v) is 7.84. The molecule has 0 spiro atoms. The van der Waals surface area contributed by atoms with Crippen molar-refractivity contribution < 1.29 is 19.1 Å². The molecule has 6 nitrogen and oxygen atoms in total. The van der Waals surface area contributed by atoms with E-state index in [2.05, 4.69) is 0 Å². The van der Waals surface area contributed by atoms with E-state index < -0.39 is 18.0 Å². The summed E-state index contributed by atoms with van der Waals surface area (Å²) in [7, 11) is 0. The number of ether oxygens (including phenoxy) is 2. The molecule has 1 atom stereocenters. The Morgan fingerprint density at radius 2 is 2.14 bits per heavy atom. The van der Waals surface area contributed by atoms with Gasteiger partial charge in [0.15, 0.2) is 6.10 Å². The van der Waals surface area contributed by atoms with Gasteiger partial charge in [0, 0.05) is 17.6 Å². The Morgan fingerprint density at radius 3 is 2.71 bits per heavy atom. The highest BCUT2D eigenvalue weighted by molar-refractivity contribution is 7.07. The minimum absolute atomic E-state index is 0.0457. The minimum atomic E-state index is -0.922. The van der Waals surface area contributed by atoms with Crippen LogP contribution in [0.4, 0.5) is 0 Å². The lowest BCUT2D eigenvalue weighted by Crippen LogP contribution is -2.27. The van der Waals surface area contributed by atoms with Crippen LogP contribution in [0, 0.1) is 6.92 Å². The zero-order chi connectivity index (χ0) is 15.8. The Labute approximate surface area is 127 Å². The number of hydrogen-bond donors (Lipinski definition) is 0. The van der Waals surface area contributed by atoms with E-state index in [0.29, 0.717) is 6.61 Å². The molecule has 0 amide bonds. The van der Waals surface area contributed by atoms with E-state index in [9.17, 15) is 14.4 Å². The van der Waals surface area contributed by atoms with E-state index in [4.69, 9.17) is 9.47 Å². The van der Waals surface area contributed by atoms with Crippen LogP contribution >= 0.6 is 11.3 Å². The predicted octanol–water partition coefficient (Wildman–Crippen LogP) is 1.88. The Balaban J connectivity index is 2.36. The molecule has 0 saturated carbocycles. The van der Waals surface area contributed by atoms with Crippen LogP contribution in [0.15, 0.2) is 10.2 Å². The highest BCUT2D eigenvalue weighted by atomic mass is 32.1. The number of aryl methyl sites for hydroxylation is 1. The summed E-state index contributed by atoms with van der Waals surface area (Å²) < 4.78 is 11.5. The van der Waals surface area contributed by atoms with E-state index in [0.717, 1.165) is 29.9 Å². The fourth-order valence-corrected chi connectivity index (χ4v) is 2.38. The number of hydrogen-bond acceptors (Lipinski definition) is 6. The molecule has 1 aromatic heterocycles. The van der Waals surface area contributed by atoms with E-state index in [1.54, 1.807) is 12.3 Å². The van der Waals surface area contributed by atoms with Crippen LogP contribution in [0.2, 0.25) is 0 Å². The average Bonchev–Trinajstić information content (AvgIpc) is 2.76. The lowest BCUT2D eigenvalue weighted by molar-refractivity contribution is -0.166. The maximum Gasteiger partial charge on any atom is 0.347 e. The number of rotatable bonds is 8. The van der Waals surface area contributed by atoms with Crippen LogP contribution < -0.4 is 4.87 Å². The molecule has 0 aliphatic rings. The Morgan fingerprint density at radius 1 is 1.43 bits per heavy atom. The fourth-order valence-electron chi connectivity index (χ4n) is 1.62. The van der Waals surface area contributed by atoms with E-state index in [1.807, 2.05) is 6.92 Å². The zero-order valence-corrected chi connectivity index (χ0v) is 13.4. The third-order valence-electron chi connectivity index (χ3n) is 2.90. The summed E-state index contributed by atoms with van der Waals surface area (Å²) in [5, 5.41) is 1.74. The van der Waals surface area contributed by atoms with Crippen LogP contribution in [0.5, 0.6) is 0 Å². The van der Waals surface area contributed by atoms with Gasteiger partial charge in [-0.05, 0) is 20.3 Å². The maximum atomic E-state index is 11.7. The summed E-state index contributed by atoms with van der Waals surface area (Å²) in [6.07, 6.45) is 0.835. The molecule has 1 aromatic rings. The van der Waals surface area contributed by atoms with Crippen LogP contribution in [0.25, 0.3) is 0 Å². The fraction of sp³-hybridized carbons (Fsp3) is 0.643. The highest BCUT2D eigenvalue weighted by Crippen LogP contribution is 2.04. The number of unbranched alkanes of at least 4 members (excludes halogenated alkanes) is 1. The molecule has 0 saturated heterocycles. The van der Waals surface area contributed by atoms with E-state index in [1.165, 1.54) is 11.5 Å². The number of esters is 2. The molecule has 1 rings (SSSR count). The molecular formula is C14H21NO5S. The molecule has 7 heteroatoms. The third kappa shape index (κ3) is 5.71. The van der Waals surface area contributed by atoms with Gasteiger partial charge in [-0.15, -0.1) is 0 Å². The number of aromatic nitrogens is 1. The van der Waals surface area contributed by atoms with Crippen LogP contribution in [0.1, 0.15) is 38.8 Å². The SMILES string of the molecule is CCCCOC(=O)C(C)OC(=O)CCn1c(C)csc1=O. The van der Waals surface area contributed by atoms with Gasteiger partial charge >= 0.3 is 16.8 Å². The number of thiazole rings is 1. The topological polar surface area (TPSA) is 74.6 Å². The average molecular weight is 315 g/mol. The quantitative estimate of drug-likeness (QED) is 0.541. The molecule has 21 heavy (non-hydrogen) atoms. The van der Waals surface area contributed by atoms with Crippen molar-refractivity contribution in [3.63, 3.8) is 0 Å². The number of carbonyl (C=O) groups excluding carboxylic acids is 2. The van der Waals surface area contributed by atoms with Gasteiger partial charge < -0.3 is 14.0 Å². The summed E-state index contributed by atoms with van der Waals surface area (Å²) in [6, 6.07) is 0. The van der Waals surface area contributed by atoms with Gasteiger partial charge in [0.1, 0.15) is 0 Å².